The third-order valence-electron chi connectivity index (χ3n) is 9.43. The van der Waals surface area contributed by atoms with Crippen molar-refractivity contribution in [2.75, 3.05) is 37.7 Å². The lowest BCUT2D eigenvalue weighted by Crippen LogP contribution is -2.24. The Bertz CT molecular complexity index is 2680. The molecule has 26 nitrogen and oxygen atoms in total. The van der Waals surface area contributed by atoms with E-state index in [1.165, 1.54) is 12.7 Å². The number of hydrogen-bond donors (Lipinski definition) is 4. The number of benzene rings is 2. The number of nitrogens with two attached hydrogens (primary N) is 2. The van der Waals surface area contributed by atoms with Crippen LogP contribution in [-0.2, 0) is 69.4 Å². The molecule has 0 spiro atoms. The fourth-order valence-electron chi connectivity index (χ4n) is 5.59. The van der Waals surface area contributed by atoms with E-state index >= 15 is 0 Å². The van der Waals surface area contributed by atoms with Crippen molar-refractivity contribution < 1.29 is 75.6 Å². The molecule has 0 fully saturated rings. The van der Waals surface area contributed by atoms with Gasteiger partial charge in [-0.15, -0.1) is 0 Å². The minimum Gasteiger partial charge on any atom is -0.481 e. The average Bonchev–Trinajstić information content (AvgIpc) is 3.95. The van der Waals surface area contributed by atoms with E-state index < -0.39 is 75.7 Å². The number of aliphatic carboxylic acids is 2. The van der Waals surface area contributed by atoms with Crippen LogP contribution in [0.3, 0.4) is 0 Å². The first-order chi connectivity index (χ1) is 34.8. The molecule has 2 aromatic carbocycles. The van der Waals surface area contributed by atoms with Crippen LogP contribution in [0.15, 0.2) is 86.0 Å². The molecule has 4 heterocycles. The Morgan fingerprint density at radius 3 is 1.26 bits per heavy atom. The van der Waals surface area contributed by atoms with E-state index in [1.54, 1.807) is 138 Å². The van der Waals surface area contributed by atoms with E-state index in [0.29, 0.717) is 46.9 Å². The smallest absolute Gasteiger partial charge is 0.407 e. The van der Waals surface area contributed by atoms with Crippen molar-refractivity contribution in [3.63, 3.8) is 0 Å². The minimum atomic E-state index is -3.82. The first kappa shape index (κ1) is 59.5. The zero-order chi connectivity index (χ0) is 54.7. The molecule has 0 aliphatic rings. The molecule has 4 aromatic heterocycles. The fourth-order valence-corrected chi connectivity index (χ4v) is 8.14. The summed E-state index contributed by atoms with van der Waals surface area (Å²) in [4.78, 5) is 67.9. The second-order valence-corrected chi connectivity index (χ2v) is 21.9. The predicted octanol–water partition coefficient (Wildman–Crippen LogP) is 7.15. The van der Waals surface area contributed by atoms with Crippen LogP contribution in [0, 0.1) is 10.8 Å². The Balaban J connectivity index is 0.000000279. The summed E-state index contributed by atoms with van der Waals surface area (Å²) in [7, 11) is -7.64. The number of ether oxygens (including phenoxy) is 4. The number of anilines is 2. The van der Waals surface area contributed by atoms with E-state index in [1.807, 2.05) is 0 Å². The van der Waals surface area contributed by atoms with Crippen LogP contribution in [-0.4, -0.2) is 112 Å². The van der Waals surface area contributed by atoms with Gasteiger partial charge < -0.3 is 58.8 Å². The molecule has 402 valence electrons. The summed E-state index contributed by atoms with van der Waals surface area (Å²) in [5.74, 6) is -1.89. The highest BCUT2D eigenvalue weighted by Gasteiger charge is 2.32. The molecule has 6 rings (SSSR count). The lowest BCUT2D eigenvalue weighted by atomic mass is 9.98. The maximum absolute atomic E-state index is 13.4. The van der Waals surface area contributed by atoms with Gasteiger partial charge in [0, 0.05) is 0 Å². The molecule has 6 aromatic rings. The maximum Gasteiger partial charge on any atom is 0.407 e. The normalized spacial score (nSPS) is 13.9. The lowest BCUT2D eigenvalue weighted by Gasteiger charge is -2.22. The van der Waals surface area contributed by atoms with Gasteiger partial charge in [0.2, 0.25) is 13.6 Å². The number of imidazole rings is 2. The van der Waals surface area contributed by atoms with Crippen molar-refractivity contribution in [1.82, 2.24) is 39.0 Å². The summed E-state index contributed by atoms with van der Waals surface area (Å²) in [5.41, 5.74) is 12.3. The molecule has 4 unspecified atom stereocenters. The standard InChI is InChI=1S/2C21H28N5O6P.C4H6O4/c2*1-15(10-26-12-25-17-18(22)23-11-24-19(17)26)30-14-33(28,32-16-8-6-5-7-9-16)31-13-29-20(27)21(2,3)4;5-3(6)1-2-4(7)8/h2*5-9,11-12,15H,10,13-14H2,1-4H3,(H2,22,23,24);1-2H2,(H,5,6)(H,7,8). The molecule has 0 radical (unpaired) electrons. The Hall–Kier alpha value is -7.08. The largest absolute Gasteiger partial charge is 0.481 e. The number of esters is 2. The number of rotatable bonds is 23. The van der Waals surface area contributed by atoms with E-state index in [-0.39, 0.29) is 37.2 Å². The van der Waals surface area contributed by atoms with Crippen molar-refractivity contribution in [2.45, 2.75) is 93.5 Å². The molecule has 0 saturated carbocycles. The molecular formula is C46H62N10O16P2. The number of fused-ring (bicyclic) bond motifs is 2. The summed E-state index contributed by atoms with van der Waals surface area (Å²) in [6.45, 7) is 13.5. The number of carbonyl (C=O) groups is 4. The van der Waals surface area contributed by atoms with Crippen molar-refractivity contribution in [1.29, 1.82) is 0 Å². The van der Waals surface area contributed by atoms with E-state index in [9.17, 15) is 28.3 Å². The molecule has 6 N–H and O–H groups in total. The molecular weight excluding hydrogens is 1010 g/mol. The zero-order valence-corrected chi connectivity index (χ0v) is 43.9. The molecule has 0 aliphatic heterocycles. The SMILES string of the molecule is CC(Cn1cnc2c(N)ncnc21)OCP(=O)(OCOC(=O)C(C)(C)C)Oc1ccccc1.CC(Cn1cnc2c(N)ncnc21)OCP(=O)(OCOC(=O)C(C)(C)C)Oc1ccccc1.O=C(O)CCC(=O)O. The zero-order valence-electron chi connectivity index (χ0n) is 42.1. The number of carbonyl (C=O) groups excluding carboxylic acids is 2. The Morgan fingerprint density at radius 2 is 0.932 bits per heavy atom. The van der Waals surface area contributed by atoms with Crippen LogP contribution < -0.4 is 20.5 Å². The van der Waals surface area contributed by atoms with Crippen molar-refractivity contribution in [3.8, 4) is 11.5 Å². The van der Waals surface area contributed by atoms with Gasteiger partial charge in [-0.2, -0.15) is 0 Å². The molecule has 28 heteroatoms. The van der Waals surface area contributed by atoms with Gasteiger partial charge in [-0.1, -0.05) is 36.4 Å². The molecule has 74 heavy (non-hydrogen) atoms. The monoisotopic (exact) mass is 1070 g/mol. The number of carboxylic acids is 2. The molecule has 0 amide bonds. The first-order valence-electron chi connectivity index (χ1n) is 22.6. The van der Waals surface area contributed by atoms with Crippen LogP contribution >= 0.6 is 15.2 Å². The van der Waals surface area contributed by atoms with E-state index in [4.69, 9.17) is 58.7 Å². The third-order valence-corrected chi connectivity index (χ3v) is 12.3. The van der Waals surface area contributed by atoms with Gasteiger partial charge in [0.25, 0.3) is 0 Å². The van der Waals surface area contributed by atoms with Crippen LogP contribution in [0.2, 0.25) is 0 Å². The van der Waals surface area contributed by atoms with Gasteiger partial charge in [-0.25, -0.2) is 39.0 Å². The highest BCUT2D eigenvalue weighted by atomic mass is 31.2. The molecule has 0 aliphatic carbocycles. The number of nitrogens with zero attached hydrogens (tertiary/aromatic N) is 8. The van der Waals surface area contributed by atoms with Crippen molar-refractivity contribution in [2.24, 2.45) is 10.8 Å². The lowest BCUT2D eigenvalue weighted by molar-refractivity contribution is -0.160. The summed E-state index contributed by atoms with van der Waals surface area (Å²) in [6, 6.07) is 17.1. The number of hydrogen-bond acceptors (Lipinski definition) is 22. The summed E-state index contributed by atoms with van der Waals surface area (Å²) >= 11 is 0. The Morgan fingerprint density at radius 1 is 0.581 bits per heavy atom. The topological polar surface area (TPSA) is 356 Å². The number of nitrogen functional groups attached to an aromatic ring is 2. The average molecular weight is 1070 g/mol. The van der Waals surface area contributed by atoms with Crippen LogP contribution in [0.4, 0.5) is 11.6 Å². The predicted molar refractivity (Wildman–Crippen MR) is 267 cm³/mol. The van der Waals surface area contributed by atoms with Gasteiger partial charge in [-0.05, 0) is 79.7 Å². The Kier molecular flexibility index (Phi) is 21.9. The van der Waals surface area contributed by atoms with E-state index in [2.05, 4.69) is 29.9 Å². The maximum atomic E-state index is 13.4. The Labute approximate surface area is 426 Å². The van der Waals surface area contributed by atoms with Gasteiger partial charge in [0.1, 0.15) is 35.2 Å². The highest BCUT2D eigenvalue weighted by molar-refractivity contribution is 7.54. The van der Waals surface area contributed by atoms with Crippen LogP contribution in [0.5, 0.6) is 11.5 Å². The van der Waals surface area contributed by atoms with Gasteiger partial charge >= 0.3 is 39.1 Å². The highest BCUT2D eigenvalue weighted by Crippen LogP contribution is 2.49. The van der Waals surface area contributed by atoms with Crippen LogP contribution in [0.1, 0.15) is 68.2 Å². The van der Waals surface area contributed by atoms with Gasteiger partial charge in [-0.3, -0.25) is 28.2 Å². The fraction of sp³-hybridized carbons (Fsp3) is 0.435. The second kappa shape index (κ2) is 27.3. The van der Waals surface area contributed by atoms with Crippen molar-refractivity contribution >= 4 is 73.0 Å². The summed E-state index contributed by atoms with van der Waals surface area (Å²) in [6.07, 6.45) is 3.74. The summed E-state index contributed by atoms with van der Waals surface area (Å²) in [5, 5.41) is 15.8. The number of aromatic nitrogens is 8. The van der Waals surface area contributed by atoms with Crippen molar-refractivity contribution in [3.05, 3.63) is 86.0 Å². The molecule has 0 bridgehead atoms. The third kappa shape index (κ3) is 19.7. The quantitative estimate of drug-likeness (QED) is 0.0281. The second-order valence-electron chi connectivity index (χ2n) is 18.0. The van der Waals surface area contributed by atoms with Crippen LogP contribution in [0.25, 0.3) is 22.3 Å². The van der Waals surface area contributed by atoms with Gasteiger partial charge in [0.15, 0.2) is 35.6 Å². The first-order valence-corrected chi connectivity index (χ1v) is 26.0. The minimum absolute atomic E-state index is 0.284. The van der Waals surface area contributed by atoms with E-state index in [0.717, 1.165) is 0 Å². The molecule has 4 atom stereocenters. The number of para-hydroxylation sites is 2. The number of carboxylic acid groups (broad SMARTS) is 2. The summed E-state index contributed by atoms with van der Waals surface area (Å²) < 4.78 is 73.9. The van der Waals surface area contributed by atoms with Gasteiger partial charge in [0.05, 0.1) is 61.6 Å². The molecule has 0 saturated heterocycles.